The molecule has 0 spiro atoms. The van der Waals surface area contributed by atoms with Crippen LogP contribution < -0.4 is 0 Å². The minimum absolute atomic E-state index is 0.902. The standard InChI is InChI=1S/C7H6Br2S/c8-4-6(5-9)7-2-1-3-10-7/h1-4H,5H2/b6-4-. The zero-order valence-electron chi connectivity index (χ0n) is 5.18. The first-order chi connectivity index (χ1) is 4.88. The fourth-order valence-electron chi connectivity index (χ4n) is 0.610. The molecular formula is C7H6Br2S. The first-order valence-corrected chi connectivity index (χ1v) is 5.69. The van der Waals surface area contributed by atoms with Gasteiger partial charge in [0.15, 0.2) is 0 Å². The van der Waals surface area contributed by atoms with Crippen LogP contribution in [0.2, 0.25) is 0 Å². The minimum Gasteiger partial charge on any atom is -0.144 e. The smallest absolute Gasteiger partial charge is 0.0316 e. The molecule has 0 fully saturated rings. The van der Waals surface area contributed by atoms with Crippen molar-refractivity contribution in [3.05, 3.63) is 27.4 Å². The van der Waals surface area contributed by atoms with Crippen molar-refractivity contribution in [2.75, 3.05) is 5.33 Å². The highest BCUT2D eigenvalue weighted by molar-refractivity contribution is 9.11. The van der Waals surface area contributed by atoms with Gasteiger partial charge in [-0.25, -0.2) is 0 Å². The highest BCUT2D eigenvalue weighted by Gasteiger charge is 1.97. The van der Waals surface area contributed by atoms with E-state index in [0.717, 1.165) is 5.33 Å². The summed E-state index contributed by atoms with van der Waals surface area (Å²) in [6.45, 7) is 0. The summed E-state index contributed by atoms with van der Waals surface area (Å²) in [7, 11) is 0. The third kappa shape index (κ3) is 1.94. The van der Waals surface area contributed by atoms with E-state index in [1.54, 1.807) is 11.3 Å². The maximum atomic E-state index is 3.41. The molecule has 0 aliphatic rings. The Bertz CT molecular complexity index is 214. The fourth-order valence-corrected chi connectivity index (χ4v) is 3.00. The Morgan fingerprint density at radius 3 is 2.90 bits per heavy atom. The summed E-state index contributed by atoms with van der Waals surface area (Å²) in [5.74, 6) is 0. The average molecular weight is 282 g/mol. The van der Waals surface area contributed by atoms with Crippen LogP contribution in [-0.2, 0) is 0 Å². The SMILES string of the molecule is Br/C=C(/CBr)c1cccs1. The largest absolute Gasteiger partial charge is 0.144 e. The summed E-state index contributed by atoms with van der Waals surface area (Å²) in [6.07, 6.45) is 0. The minimum atomic E-state index is 0.902. The highest BCUT2D eigenvalue weighted by Crippen LogP contribution is 2.22. The van der Waals surface area contributed by atoms with Crippen LogP contribution in [0.1, 0.15) is 4.88 Å². The number of halogens is 2. The van der Waals surface area contributed by atoms with Gasteiger partial charge in [-0.2, -0.15) is 0 Å². The molecule has 54 valence electrons. The molecule has 1 heterocycles. The molecule has 0 saturated carbocycles. The molecule has 1 rings (SSSR count). The van der Waals surface area contributed by atoms with E-state index in [0.29, 0.717) is 0 Å². The molecule has 10 heavy (non-hydrogen) atoms. The second kappa shape index (κ2) is 4.31. The number of allylic oxidation sites excluding steroid dienone is 1. The van der Waals surface area contributed by atoms with Gasteiger partial charge in [-0.05, 0) is 22.0 Å². The van der Waals surface area contributed by atoms with E-state index in [2.05, 4.69) is 49.4 Å². The van der Waals surface area contributed by atoms with Crippen molar-refractivity contribution >= 4 is 48.8 Å². The molecule has 0 amide bonds. The molecule has 1 aromatic rings. The number of alkyl halides is 1. The predicted octanol–water partition coefficient (Wildman–Crippen LogP) is 3.88. The van der Waals surface area contributed by atoms with E-state index in [-0.39, 0.29) is 0 Å². The Morgan fingerprint density at radius 2 is 2.50 bits per heavy atom. The van der Waals surface area contributed by atoms with E-state index in [4.69, 9.17) is 0 Å². The van der Waals surface area contributed by atoms with Crippen LogP contribution in [0.25, 0.3) is 5.57 Å². The highest BCUT2D eigenvalue weighted by atomic mass is 79.9. The van der Waals surface area contributed by atoms with E-state index in [1.165, 1.54) is 10.5 Å². The molecule has 0 unspecified atom stereocenters. The van der Waals surface area contributed by atoms with Gasteiger partial charge < -0.3 is 0 Å². The first kappa shape index (κ1) is 8.50. The summed E-state index contributed by atoms with van der Waals surface area (Å²) in [6, 6.07) is 4.16. The Balaban J connectivity index is 2.85. The van der Waals surface area contributed by atoms with Crippen molar-refractivity contribution < 1.29 is 0 Å². The quantitative estimate of drug-likeness (QED) is 0.722. The lowest BCUT2D eigenvalue weighted by Gasteiger charge is -1.94. The Labute approximate surface area is 81.2 Å². The first-order valence-electron chi connectivity index (χ1n) is 2.77. The Hall–Kier alpha value is 0.400. The van der Waals surface area contributed by atoms with Gasteiger partial charge in [0.25, 0.3) is 0 Å². The van der Waals surface area contributed by atoms with Gasteiger partial charge in [0, 0.05) is 10.2 Å². The van der Waals surface area contributed by atoms with E-state index >= 15 is 0 Å². The van der Waals surface area contributed by atoms with Crippen LogP contribution in [0.4, 0.5) is 0 Å². The van der Waals surface area contributed by atoms with E-state index in [9.17, 15) is 0 Å². The second-order valence-corrected chi connectivity index (χ2v) is 3.71. The molecule has 0 N–H and O–H groups in total. The maximum absolute atomic E-state index is 3.41. The average Bonchev–Trinajstić information content (AvgIpc) is 2.43. The molecule has 0 aliphatic heterocycles. The van der Waals surface area contributed by atoms with Crippen molar-refractivity contribution in [3.8, 4) is 0 Å². The van der Waals surface area contributed by atoms with Crippen LogP contribution >= 0.6 is 43.2 Å². The summed E-state index contributed by atoms with van der Waals surface area (Å²) < 4.78 is 0. The lowest BCUT2D eigenvalue weighted by Crippen LogP contribution is -1.76. The molecule has 0 radical (unpaired) electrons. The summed E-state index contributed by atoms with van der Waals surface area (Å²) in [5, 5.41) is 2.98. The van der Waals surface area contributed by atoms with Crippen molar-refractivity contribution in [3.63, 3.8) is 0 Å². The van der Waals surface area contributed by atoms with Gasteiger partial charge in [0.1, 0.15) is 0 Å². The maximum Gasteiger partial charge on any atom is 0.0316 e. The molecule has 0 aliphatic carbocycles. The molecule has 0 saturated heterocycles. The molecule has 0 bridgehead atoms. The third-order valence-electron chi connectivity index (χ3n) is 1.11. The van der Waals surface area contributed by atoms with Crippen molar-refractivity contribution in [1.29, 1.82) is 0 Å². The van der Waals surface area contributed by atoms with Crippen LogP contribution in [0.3, 0.4) is 0 Å². The monoisotopic (exact) mass is 280 g/mol. The Morgan fingerprint density at radius 1 is 1.70 bits per heavy atom. The van der Waals surface area contributed by atoms with Crippen LogP contribution in [0.5, 0.6) is 0 Å². The zero-order valence-corrected chi connectivity index (χ0v) is 9.17. The number of rotatable bonds is 2. The topological polar surface area (TPSA) is 0 Å². The van der Waals surface area contributed by atoms with E-state index in [1.807, 2.05) is 4.99 Å². The number of hydrogen-bond donors (Lipinski definition) is 0. The normalized spacial score (nSPS) is 12.0. The molecule has 3 heteroatoms. The number of hydrogen-bond acceptors (Lipinski definition) is 1. The molecule has 0 nitrogen and oxygen atoms in total. The molecule has 0 atom stereocenters. The van der Waals surface area contributed by atoms with Crippen molar-refractivity contribution in [1.82, 2.24) is 0 Å². The van der Waals surface area contributed by atoms with E-state index < -0.39 is 0 Å². The van der Waals surface area contributed by atoms with Crippen LogP contribution in [0, 0.1) is 0 Å². The van der Waals surface area contributed by atoms with Gasteiger partial charge in [-0.1, -0.05) is 37.9 Å². The van der Waals surface area contributed by atoms with Crippen LogP contribution in [0.15, 0.2) is 22.5 Å². The zero-order chi connectivity index (χ0) is 7.40. The fraction of sp³-hybridized carbons (Fsp3) is 0.143. The van der Waals surface area contributed by atoms with Crippen molar-refractivity contribution in [2.24, 2.45) is 0 Å². The lowest BCUT2D eigenvalue weighted by atomic mass is 10.3. The molecule has 0 aromatic carbocycles. The van der Waals surface area contributed by atoms with Gasteiger partial charge in [0.05, 0.1) is 0 Å². The summed E-state index contributed by atoms with van der Waals surface area (Å²) in [5.41, 5.74) is 1.29. The van der Waals surface area contributed by atoms with Crippen molar-refractivity contribution in [2.45, 2.75) is 0 Å². The van der Waals surface area contributed by atoms with Gasteiger partial charge in [-0.15, -0.1) is 11.3 Å². The summed E-state index contributed by atoms with van der Waals surface area (Å²) >= 11 is 8.47. The van der Waals surface area contributed by atoms with Gasteiger partial charge >= 0.3 is 0 Å². The third-order valence-corrected chi connectivity index (χ3v) is 3.22. The van der Waals surface area contributed by atoms with Crippen LogP contribution in [-0.4, -0.2) is 5.33 Å². The molecular weight excluding hydrogens is 276 g/mol. The second-order valence-electron chi connectivity index (χ2n) is 1.75. The predicted molar refractivity (Wildman–Crippen MR) is 55.0 cm³/mol. The number of thiophene rings is 1. The lowest BCUT2D eigenvalue weighted by molar-refractivity contribution is 1.78. The Kier molecular flexibility index (Phi) is 3.66. The molecule has 1 aromatic heterocycles. The summed E-state index contributed by atoms with van der Waals surface area (Å²) in [4.78, 5) is 3.27. The van der Waals surface area contributed by atoms with Gasteiger partial charge in [-0.3, -0.25) is 0 Å². The van der Waals surface area contributed by atoms with Gasteiger partial charge in [0.2, 0.25) is 0 Å².